The first-order valence-electron chi connectivity index (χ1n) is 5.81. The van der Waals surface area contributed by atoms with Crippen LogP contribution in [-0.4, -0.2) is 49.7 Å². The maximum Gasteiger partial charge on any atom is 0.0503 e. The second-order valence-electron chi connectivity index (χ2n) is 4.30. The van der Waals surface area contributed by atoms with Crippen molar-refractivity contribution < 1.29 is 0 Å². The zero-order chi connectivity index (χ0) is 11.4. The first kappa shape index (κ1) is 11.5. The molecule has 2 atom stereocenters. The van der Waals surface area contributed by atoms with Crippen LogP contribution in [0, 0.1) is 0 Å². The zero-order valence-corrected chi connectivity index (χ0v) is 9.98. The van der Waals surface area contributed by atoms with Crippen LogP contribution in [0.3, 0.4) is 0 Å². The molecule has 0 amide bonds. The zero-order valence-electron chi connectivity index (χ0n) is 9.98. The largest absolute Gasteiger partial charge is 0.314 e. The van der Waals surface area contributed by atoms with Gasteiger partial charge in [0.15, 0.2) is 0 Å². The highest BCUT2D eigenvalue weighted by Crippen LogP contribution is 2.20. The molecule has 0 aliphatic carbocycles. The molecule has 1 aliphatic heterocycles. The summed E-state index contributed by atoms with van der Waals surface area (Å²) in [5.74, 6) is 0. The fraction of sp³-hybridized carbons (Fsp3) is 0.583. The number of hydrogen-bond donors (Lipinski definition) is 2. The molecular formula is C12H20N4. The van der Waals surface area contributed by atoms with Gasteiger partial charge in [-0.05, 0) is 25.7 Å². The van der Waals surface area contributed by atoms with E-state index in [9.17, 15) is 0 Å². The summed E-state index contributed by atoms with van der Waals surface area (Å²) in [6.45, 7) is 3.20. The van der Waals surface area contributed by atoms with Crippen molar-refractivity contribution in [3.63, 3.8) is 0 Å². The molecule has 2 unspecified atom stereocenters. The Morgan fingerprint density at radius 3 is 3.12 bits per heavy atom. The molecule has 0 aromatic carbocycles. The number of piperazine rings is 1. The maximum absolute atomic E-state index is 4.19. The Labute approximate surface area is 97.1 Å². The van der Waals surface area contributed by atoms with Crippen molar-refractivity contribution in [2.45, 2.75) is 12.1 Å². The lowest BCUT2D eigenvalue weighted by atomic mass is 9.98. The van der Waals surface area contributed by atoms with E-state index >= 15 is 0 Å². The fourth-order valence-corrected chi connectivity index (χ4v) is 2.34. The molecule has 1 fully saturated rings. The van der Waals surface area contributed by atoms with Gasteiger partial charge in [0.1, 0.15) is 0 Å². The average Bonchev–Trinajstić information content (AvgIpc) is 2.34. The van der Waals surface area contributed by atoms with Gasteiger partial charge in [-0.15, -0.1) is 0 Å². The molecule has 2 rings (SSSR count). The van der Waals surface area contributed by atoms with E-state index in [-0.39, 0.29) is 0 Å². The summed E-state index contributed by atoms with van der Waals surface area (Å²) in [6, 6.07) is 4.96. The highest BCUT2D eigenvalue weighted by atomic mass is 15.2. The molecule has 0 saturated carbocycles. The van der Waals surface area contributed by atoms with Crippen LogP contribution >= 0.6 is 0 Å². The van der Waals surface area contributed by atoms with Crippen LogP contribution in [0.1, 0.15) is 11.6 Å². The molecule has 88 valence electrons. The molecule has 16 heavy (non-hydrogen) atoms. The Balaban J connectivity index is 2.15. The van der Waals surface area contributed by atoms with Gasteiger partial charge in [-0.1, -0.05) is 6.07 Å². The monoisotopic (exact) mass is 220 g/mol. The van der Waals surface area contributed by atoms with E-state index in [1.807, 2.05) is 25.5 Å². The molecule has 4 heteroatoms. The summed E-state index contributed by atoms with van der Waals surface area (Å²) in [5.41, 5.74) is 1.26. The first-order valence-corrected chi connectivity index (χ1v) is 5.81. The lowest BCUT2D eigenvalue weighted by molar-refractivity contribution is 0.161. The van der Waals surface area contributed by atoms with Gasteiger partial charge in [0.2, 0.25) is 0 Å². The number of aromatic nitrogens is 1. The van der Waals surface area contributed by atoms with Crippen LogP contribution < -0.4 is 10.6 Å². The predicted molar refractivity (Wildman–Crippen MR) is 65.3 cm³/mol. The molecule has 4 nitrogen and oxygen atoms in total. The summed E-state index contributed by atoms with van der Waals surface area (Å²) >= 11 is 0. The van der Waals surface area contributed by atoms with E-state index in [1.54, 1.807) is 0 Å². The minimum Gasteiger partial charge on any atom is -0.314 e. The van der Waals surface area contributed by atoms with Crippen molar-refractivity contribution >= 4 is 0 Å². The molecule has 0 spiro atoms. The van der Waals surface area contributed by atoms with E-state index in [2.05, 4.69) is 33.6 Å². The molecular weight excluding hydrogens is 200 g/mol. The molecule has 1 aliphatic rings. The number of nitrogens with zero attached hydrogens (tertiary/aromatic N) is 2. The second kappa shape index (κ2) is 5.39. The van der Waals surface area contributed by atoms with Crippen molar-refractivity contribution in [2.24, 2.45) is 0 Å². The SMILES string of the molecule is CNC(c1cccnc1)C1CNCCN1C. The molecule has 1 aromatic rings. The van der Waals surface area contributed by atoms with Gasteiger partial charge in [-0.3, -0.25) is 9.88 Å². The topological polar surface area (TPSA) is 40.2 Å². The van der Waals surface area contributed by atoms with Crippen molar-refractivity contribution in [2.75, 3.05) is 33.7 Å². The molecule has 1 saturated heterocycles. The first-order chi connectivity index (χ1) is 7.83. The Hall–Kier alpha value is -0.970. The predicted octanol–water partition coefficient (Wildman–Crippen LogP) is 0.246. The van der Waals surface area contributed by atoms with Crippen LogP contribution in [0.2, 0.25) is 0 Å². The molecule has 0 radical (unpaired) electrons. The summed E-state index contributed by atoms with van der Waals surface area (Å²) in [5, 5.41) is 6.84. The van der Waals surface area contributed by atoms with Gasteiger partial charge >= 0.3 is 0 Å². The molecule has 0 bridgehead atoms. The standard InChI is InChI=1S/C12H20N4/c1-13-12(10-4-3-5-14-8-10)11-9-15-6-7-16(11)2/h3-5,8,11-13,15H,6-7,9H2,1-2H3. The summed E-state index contributed by atoms with van der Waals surface area (Å²) in [7, 11) is 4.20. The second-order valence-corrected chi connectivity index (χ2v) is 4.30. The lowest BCUT2D eigenvalue weighted by Gasteiger charge is -2.38. The Morgan fingerprint density at radius 1 is 1.62 bits per heavy atom. The van der Waals surface area contributed by atoms with Gasteiger partial charge in [0.25, 0.3) is 0 Å². The molecule has 1 aromatic heterocycles. The maximum atomic E-state index is 4.19. The van der Waals surface area contributed by atoms with Gasteiger partial charge < -0.3 is 10.6 Å². The van der Waals surface area contributed by atoms with Crippen LogP contribution in [0.15, 0.2) is 24.5 Å². The summed E-state index contributed by atoms with van der Waals surface area (Å²) in [4.78, 5) is 6.60. The van der Waals surface area contributed by atoms with Crippen molar-refractivity contribution in [3.8, 4) is 0 Å². The number of rotatable bonds is 3. The Morgan fingerprint density at radius 2 is 2.50 bits per heavy atom. The average molecular weight is 220 g/mol. The highest BCUT2D eigenvalue weighted by Gasteiger charge is 2.27. The van der Waals surface area contributed by atoms with E-state index in [1.165, 1.54) is 5.56 Å². The van der Waals surface area contributed by atoms with E-state index in [0.717, 1.165) is 19.6 Å². The van der Waals surface area contributed by atoms with Gasteiger partial charge in [-0.25, -0.2) is 0 Å². The van der Waals surface area contributed by atoms with Crippen LogP contribution in [0.4, 0.5) is 0 Å². The van der Waals surface area contributed by atoms with Gasteiger partial charge in [-0.2, -0.15) is 0 Å². The Kier molecular flexibility index (Phi) is 3.88. The third-order valence-electron chi connectivity index (χ3n) is 3.30. The number of pyridine rings is 1. The van der Waals surface area contributed by atoms with E-state index in [4.69, 9.17) is 0 Å². The minimum atomic E-state index is 0.339. The summed E-state index contributed by atoms with van der Waals surface area (Å²) in [6.07, 6.45) is 3.77. The van der Waals surface area contributed by atoms with Crippen LogP contribution in [0.25, 0.3) is 0 Å². The van der Waals surface area contributed by atoms with E-state index < -0.39 is 0 Å². The normalized spacial score (nSPS) is 24.2. The van der Waals surface area contributed by atoms with Crippen molar-refractivity contribution in [1.82, 2.24) is 20.5 Å². The lowest BCUT2D eigenvalue weighted by Crippen LogP contribution is -2.54. The number of likely N-dealkylation sites (N-methyl/N-ethyl adjacent to an activating group) is 2. The summed E-state index contributed by atoms with van der Waals surface area (Å²) < 4.78 is 0. The van der Waals surface area contributed by atoms with Crippen molar-refractivity contribution in [1.29, 1.82) is 0 Å². The number of hydrogen-bond acceptors (Lipinski definition) is 4. The minimum absolute atomic E-state index is 0.339. The third-order valence-corrected chi connectivity index (χ3v) is 3.30. The third kappa shape index (κ3) is 2.40. The number of nitrogens with one attached hydrogen (secondary N) is 2. The molecule has 2 N–H and O–H groups in total. The van der Waals surface area contributed by atoms with E-state index in [0.29, 0.717) is 12.1 Å². The molecule has 2 heterocycles. The fourth-order valence-electron chi connectivity index (χ4n) is 2.34. The van der Waals surface area contributed by atoms with Gasteiger partial charge in [0.05, 0.1) is 6.04 Å². The quantitative estimate of drug-likeness (QED) is 0.766. The van der Waals surface area contributed by atoms with Crippen LogP contribution in [-0.2, 0) is 0 Å². The van der Waals surface area contributed by atoms with Gasteiger partial charge in [0, 0.05) is 38.1 Å². The Bertz CT molecular complexity index is 314. The van der Waals surface area contributed by atoms with Crippen molar-refractivity contribution in [3.05, 3.63) is 30.1 Å². The highest BCUT2D eigenvalue weighted by molar-refractivity contribution is 5.16. The van der Waals surface area contributed by atoms with Crippen LogP contribution in [0.5, 0.6) is 0 Å². The smallest absolute Gasteiger partial charge is 0.0503 e.